The van der Waals surface area contributed by atoms with Gasteiger partial charge in [0.1, 0.15) is 4.83 Å². The minimum atomic E-state index is -1.27. The van der Waals surface area contributed by atoms with Gasteiger partial charge < -0.3 is 15.6 Å². The Morgan fingerprint density at radius 1 is 1.38 bits per heavy atom. The molecule has 0 saturated carbocycles. The van der Waals surface area contributed by atoms with Crippen LogP contribution in [0.5, 0.6) is 0 Å². The zero-order valence-electron chi connectivity index (χ0n) is 9.20. The number of carbonyl (C=O) groups is 1. The SMILES string of the molecule is Cc1nnc2sc(C(=O)[O-])c(N)c2c1C.[Na+]. The molecule has 0 saturated heterocycles. The predicted molar refractivity (Wildman–Crippen MR) is 55.6 cm³/mol. The maximum absolute atomic E-state index is 10.8. The van der Waals surface area contributed by atoms with Crippen LogP contribution in [-0.4, -0.2) is 16.2 Å². The van der Waals surface area contributed by atoms with Crippen LogP contribution in [0.3, 0.4) is 0 Å². The molecule has 2 aromatic heterocycles. The average molecular weight is 245 g/mol. The van der Waals surface area contributed by atoms with Gasteiger partial charge in [-0.05, 0) is 19.4 Å². The number of aryl methyl sites for hydroxylation is 2. The van der Waals surface area contributed by atoms with Gasteiger partial charge in [-0.25, -0.2) is 0 Å². The quantitative estimate of drug-likeness (QED) is 0.550. The number of carboxylic acids is 1. The summed E-state index contributed by atoms with van der Waals surface area (Å²) in [5, 5.41) is 19.2. The molecule has 2 rings (SSSR count). The number of fused-ring (bicyclic) bond motifs is 1. The molecule has 5 nitrogen and oxygen atoms in total. The van der Waals surface area contributed by atoms with Crippen molar-refractivity contribution < 1.29 is 39.5 Å². The van der Waals surface area contributed by atoms with Crippen molar-refractivity contribution in [3.63, 3.8) is 0 Å². The Morgan fingerprint density at radius 2 is 2.00 bits per heavy atom. The number of aromatic nitrogens is 2. The standard InChI is InChI=1S/C9H9N3O2S.Na/c1-3-4(2)11-12-8-5(3)6(10)7(15-8)9(13)14;/h10H2,1-2H3,(H,13,14);/q;+1/p-1. The number of thiophene rings is 1. The second-order valence-corrected chi connectivity index (χ2v) is 4.22. The maximum Gasteiger partial charge on any atom is 1.00 e. The smallest absolute Gasteiger partial charge is 0.544 e. The van der Waals surface area contributed by atoms with E-state index in [1.54, 1.807) is 6.92 Å². The number of nitrogens with two attached hydrogens (primary N) is 1. The van der Waals surface area contributed by atoms with E-state index in [9.17, 15) is 9.90 Å². The van der Waals surface area contributed by atoms with Gasteiger partial charge in [0.15, 0.2) is 0 Å². The van der Waals surface area contributed by atoms with E-state index in [4.69, 9.17) is 5.73 Å². The number of aromatic carboxylic acids is 1. The Balaban J connectivity index is 0.00000128. The fourth-order valence-electron chi connectivity index (χ4n) is 1.39. The Kier molecular flexibility index (Phi) is 3.90. The monoisotopic (exact) mass is 245 g/mol. The van der Waals surface area contributed by atoms with E-state index in [-0.39, 0.29) is 40.1 Å². The van der Waals surface area contributed by atoms with Gasteiger partial charge in [0, 0.05) is 5.39 Å². The largest absolute Gasteiger partial charge is 1.00 e. The van der Waals surface area contributed by atoms with Gasteiger partial charge in [0.05, 0.1) is 22.2 Å². The summed E-state index contributed by atoms with van der Waals surface area (Å²) in [6.07, 6.45) is 0. The van der Waals surface area contributed by atoms with Crippen LogP contribution in [0.4, 0.5) is 5.69 Å². The van der Waals surface area contributed by atoms with Crippen molar-refractivity contribution in [2.75, 3.05) is 5.73 Å². The summed E-state index contributed by atoms with van der Waals surface area (Å²) in [4.78, 5) is 11.3. The first-order chi connectivity index (χ1) is 7.02. The van der Waals surface area contributed by atoms with Crippen molar-refractivity contribution in [1.29, 1.82) is 0 Å². The second-order valence-electron chi connectivity index (χ2n) is 3.22. The molecule has 0 atom stereocenters. The Labute approximate surface area is 118 Å². The maximum atomic E-state index is 10.8. The topological polar surface area (TPSA) is 91.9 Å². The number of anilines is 1. The molecule has 0 amide bonds. The molecule has 0 aliphatic rings. The summed E-state index contributed by atoms with van der Waals surface area (Å²) in [6, 6.07) is 0. The van der Waals surface area contributed by atoms with E-state index in [1.807, 2.05) is 6.92 Å². The van der Waals surface area contributed by atoms with Crippen molar-refractivity contribution in [2.45, 2.75) is 13.8 Å². The fourth-order valence-corrected chi connectivity index (χ4v) is 2.33. The third kappa shape index (κ3) is 1.93. The van der Waals surface area contributed by atoms with Crippen LogP contribution in [0, 0.1) is 13.8 Å². The van der Waals surface area contributed by atoms with Gasteiger partial charge in [-0.1, -0.05) is 0 Å². The van der Waals surface area contributed by atoms with E-state index < -0.39 is 5.97 Å². The van der Waals surface area contributed by atoms with E-state index in [0.717, 1.165) is 22.6 Å². The van der Waals surface area contributed by atoms with Gasteiger partial charge in [0.2, 0.25) is 0 Å². The molecular formula is C9H8N3NaO2S. The summed E-state index contributed by atoms with van der Waals surface area (Å²) in [5.41, 5.74) is 7.57. The van der Waals surface area contributed by atoms with Gasteiger partial charge in [-0.2, -0.15) is 5.10 Å². The average Bonchev–Trinajstić information content (AvgIpc) is 2.50. The summed E-state index contributed by atoms with van der Waals surface area (Å²) < 4.78 is 0. The van der Waals surface area contributed by atoms with Crippen LogP contribution in [0.2, 0.25) is 0 Å². The first kappa shape index (κ1) is 13.4. The van der Waals surface area contributed by atoms with Crippen LogP contribution in [0.15, 0.2) is 0 Å². The van der Waals surface area contributed by atoms with E-state index in [0.29, 0.717) is 10.2 Å². The van der Waals surface area contributed by atoms with Crippen LogP contribution >= 0.6 is 11.3 Å². The Bertz CT molecular complexity index is 567. The first-order valence-electron chi connectivity index (χ1n) is 4.25. The molecule has 0 radical (unpaired) electrons. The summed E-state index contributed by atoms with van der Waals surface area (Å²) >= 11 is 0.994. The molecule has 0 spiro atoms. The van der Waals surface area contributed by atoms with Crippen LogP contribution in [-0.2, 0) is 0 Å². The second kappa shape index (κ2) is 4.67. The van der Waals surface area contributed by atoms with Crippen LogP contribution in [0.1, 0.15) is 20.9 Å². The molecule has 0 fully saturated rings. The van der Waals surface area contributed by atoms with Crippen LogP contribution < -0.4 is 40.4 Å². The van der Waals surface area contributed by atoms with Crippen molar-refractivity contribution >= 4 is 33.2 Å². The predicted octanol–water partition coefficient (Wildman–Crippen LogP) is -2.74. The minimum Gasteiger partial charge on any atom is -0.544 e. The van der Waals surface area contributed by atoms with Crippen molar-refractivity contribution in [3.8, 4) is 0 Å². The number of hydrogen-bond acceptors (Lipinski definition) is 6. The van der Waals surface area contributed by atoms with Crippen molar-refractivity contribution in [3.05, 3.63) is 16.1 Å². The van der Waals surface area contributed by atoms with Gasteiger partial charge in [-0.3, -0.25) is 0 Å². The number of rotatable bonds is 1. The third-order valence-electron chi connectivity index (χ3n) is 2.32. The molecule has 16 heavy (non-hydrogen) atoms. The van der Waals surface area contributed by atoms with E-state index in [2.05, 4.69) is 10.2 Å². The molecule has 0 aliphatic heterocycles. The number of hydrogen-bond donors (Lipinski definition) is 1. The van der Waals surface area contributed by atoms with Crippen LogP contribution in [0.25, 0.3) is 10.2 Å². The molecule has 0 unspecified atom stereocenters. The summed E-state index contributed by atoms with van der Waals surface area (Å²) in [6.45, 7) is 3.64. The normalized spacial score (nSPS) is 10.1. The minimum absolute atomic E-state index is 0. The molecule has 78 valence electrons. The van der Waals surface area contributed by atoms with Gasteiger partial charge in [0.25, 0.3) is 0 Å². The Morgan fingerprint density at radius 3 is 2.56 bits per heavy atom. The number of nitrogen functional groups attached to an aromatic ring is 1. The van der Waals surface area contributed by atoms with Crippen molar-refractivity contribution in [2.24, 2.45) is 0 Å². The van der Waals surface area contributed by atoms with Crippen molar-refractivity contribution in [1.82, 2.24) is 10.2 Å². The van der Waals surface area contributed by atoms with E-state index >= 15 is 0 Å². The zero-order chi connectivity index (χ0) is 11.2. The molecule has 0 aliphatic carbocycles. The summed E-state index contributed by atoms with van der Waals surface area (Å²) in [5.74, 6) is -1.27. The molecule has 2 heterocycles. The zero-order valence-corrected chi connectivity index (χ0v) is 12.0. The summed E-state index contributed by atoms with van der Waals surface area (Å²) in [7, 11) is 0. The Hall–Kier alpha value is -0.690. The third-order valence-corrected chi connectivity index (χ3v) is 3.39. The van der Waals surface area contributed by atoms with Gasteiger partial charge >= 0.3 is 29.6 Å². The number of carboxylic acid groups (broad SMARTS) is 1. The van der Waals surface area contributed by atoms with E-state index in [1.165, 1.54) is 0 Å². The fraction of sp³-hybridized carbons (Fsp3) is 0.222. The number of carbonyl (C=O) groups excluding carboxylic acids is 1. The molecule has 2 N–H and O–H groups in total. The molecule has 2 aromatic rings. The molecular weight excluding hydrogens is 237 g/mol. The molecule has 0 aromatic carbocycles. The van der Waals surface area contributed by atoms with Gasteiger partial charge in [-0.15, -0.1) is 16.4 Å². The number of nitrogens with zero attached hydrogens (tertiary/aromatic N) is 2. The molecule has 0 bridgehead atoms. The first-order valence-corrected chi connectivity index (χ1v) is 5.07. The molecule has 7 heteroatoms.